The van der Waals surface area contributed by atoms with Crippen LogP contribution in [0.3, 0.4) is 0 Å². The fraction of sp³-hybridized carbons (Fsp3) is 0.600. The lowest BCUT2D eigenvalue weighted by atomic mass is 10.2. The van der Waals surface area contributed by atoms with E-state index in [1.54, 1.807) is 11.9 Å². The van der Waals surface area contributed by atoms with Crippen molar-refractivity contribution in [3.05, 3.63) is 15.8 Å². The van der Waals surface area contributed by atoms with Gasteiger partial charge in [0.05, 0.1) is 11.5 Å². The second-order valence-corrected chi connectivity index (χ2v) is 4.12. The van der Waals surface area contributed by atoms with Crippen LogP contribution in [0.5, 0.6) is 0 Å². The van der Waals surface area contributed by atoms with Crippen molar-refractivity contribution in [1.29, 1.82) is 0 Å². The third-order valence-corrected chi connectivity index (χ3v) is 2.92. The van der Waals surface area contributed by atoms with Crippen LogP contribution in [0.2, 0.25) is 0 Å². The van der Waals surface area contributed by atoms with Gasteiger partial charge < -0.3 is 10.2 Å². The molecule has 1 aromatic heterocycles. The van der Waals surface area contributed by atoms with Gasteiger partial charge in [-0.15, -0.1) is 0 Å². The molecular weight excluding hydrogens is 238 g/mol. The molecule has 0 aliphatic carbocycles. The number of piperazine rings is 1. The molecule has 8 nitrogen and oxygen atoms in total. The summed E-state index contributed by atoms with van der Waals surface area (Å²) in [6.45, 7) is 2.99. The van der Waals surface area contributed by atoms with Crippen molar-refractivity contribution in [3.8, 4) is 0 Å². The Bertz CT molecular complexity index is 496. The number of aromatic nitrogens is 2. The number of anilines is 1. The zero-order valence-electron chi connectivity index (χ0n) is 10.3. The molecule has 1 aliphatic rings. The van der Waals surface area contributed by atoms with E-state index in [1.165, 1.54) is 4.68 Å². The van der Waals surface area contributed by atoms with Gasteiger partial charge in [-0.2, -0.15) is 5.10 Å². The molecule has 0 radical (unpaired) electrons. The van der Waals surface area contributed by atoms with Crippen LogP contribution in [0.1, 0.15) is 12.6 Å². The second-order valence-electron chi connectivity index (χ2n) is 4.12. The van der Waals surface area contributed by atoms with E-state index >= 15 is 0 Å². The molecule has 0 spiro atoms. The van der Waals surface area contributed by atoms with Crippen molar-refractivity contribution >= 4 is 17.4 Å². The minimum atomic E-state index is -0.423. The lowest BCUT2D eigenvalue weighted by Crippen LogP contribution is -2.48. The van der Waals surface area contributed by atoms with Crippen molar-refractivity contribution < 1.29 is 9.72 Å². The average molecular weight is 253 g/mol. The van der Waals surface area contributed by atoms with Gasteiger partial charge >= 0.3 is 5.69 Å². The van der Waals surface area contributed by atoms with E-state index in [-0.39, 0.29) is 18.1 Å². The zero-order valence-corrected chi connectivity index (χ0v) is 10.3. The maximum Gasteiger partial charge on any atom is 0.334 e. The molecule has 1 N–H and O–H groups in total. The van der Waals surface area contributed by atoms with Gasteiger partial charge in [-0.1, -0.05) is 6.92 Å². The summed E-state index contributed by atoms with van der Waals surface area (Å²) in [6, 6.07) is 0. The van der Waals surface area contributed by atoms with Crippen LogP contribution in [0.4, 0.5) is 11.5 Å². The molecule has 98 valence electrons. The van der Waals surface area contributed by atoms with Crippen molar-refractivity contribution in [2.24, 2.45) is 7.05 Å². The summed E-state index contributed by atoms with van der Waals surface area (Å²) in [5.74, 6) is 0.279. The first-order valence-electron chi connectivity index (χ1n) is 5.76. The highest BCUT2D eigenvalue weighted by Gasteiger charge is 2.31. The van der Waals surface area contributed by atoms with Gasteiger partial charge in [0.2, 0.25) is 11.7 Å². The molecule has 1 fully saturated rings. The molecule has 0 saturated carbocycles. The summed E-state index contributed by atoms with van der Waals surface area (Å²) >= 11 is 0. The summed E-state index contributed by atoms with van der Waals surface area (Å²) < 4.78 is 1.48. The predicted octanol–water partition coefficient (Wildman–Crippen LogP) is -0.173. The van der Waals surface area contributed by atoms with E-state index < -0.39 is 4.92 Å². The Morgan fingerprint density at radius 2 is 2.28 bits per heavy atom. The van der Waals surface area contributed by atoms with E-state index in [9.17, 15) is 14.9 Å². The van der Waals surface area contributed by atoms with Crippen molar-refractivity contribution in [2.45, 2.75) is 13.3 Å². The van der Waals surface area contributed by atoms with E-state index in [0.29, 0.717) is 31.0 Å². The van der Waals surface area contributed by atoms with Crippen molar-refractivity contribution in [3.63, 3.8) is 0 Å². The van der Waals surface area contributed by atoms with Gasteiger partial charge in [-0.05, 0) is 6.42 Å². The fourth-order valence-electron chi connectivity index (χ4n) is 2.16. The Balaban J connectivity index is 2.45. The van der Waals surface area contributed by atoms with Crippen LogP contribution in [-0.2, 0) is 18.3 Å². The van der Waals surface area contributed by atoms with Crippen LogP contribution in [-0.4, -0.2) is 40.2 Å². The first-order valence-corrected chi connectivity index (χ1v) is 5.76. The normalized spacial score (nSPS) is 15.7. The lowest BCUT2D eigenvalue weighted by molar-refractivity contribution is -0.384. The largest absolute Gasteiger partial charge is 0.353 e. The lowest BCUT2D eigenvalue weighted by Gasteiger charge is -2.27. The van der Waals surface area contributed by atoms with Crippen LogP contribution < -0.4 is 10.2 Å². The number of hydrogen-bond donors (Lipinski definition) is 1. The summed E-state index contributed by atoms with van der Waals surface area (Å²) in [4.78, 5) is 23.8. The van der Waals surface area contributed by atoms with Gasteiger partial charge in [0, 0.05) is 20.1 Å². The minimum Gasteiger partial charge on any atom is -0.353 e. The van der Waals surface area contributed by atoms with Crippen LogP contribution in [0, 0.1) is 10.1 Å². The number of amides is 1. The zero-order chi connectivity index (χ0) is 13.3. The second kappa shape index (κ2) is 4.63. The van der Waals surface area contributed by atoms with E-state index in [0.717, 1.165) is 0 Å². The highest BCUT2D eigenvalue weighted by molar-refractivity contribution is 5.83. The fourth-order valence-corrected chi connectivity index (χ4v) is 2.16. The number of nitrogens with zero attached hydrogens (tertiary/aromatic N) is 4. The minimum absolute atomic E-state index is 0.00898. The molecule has 0 unspecified atom stereocenters. The first-order chi connectivity index (χ1) is 8.54. The number of aryl methyl sites for hydroxylation is 2. The third-order valence-electron chi connectivity index (χ3n) is 2.92. The van der Waals surface area contributed by atoms with Gasteiger partial charge in [-0.3, -0.25) is 14.9 Å². The van der Waals surface area contributed by atoms with E-state index in [2.05, 4.69) is 10.4 Å². The monoisotopic (exact) mass is 253 g/mol. The number of nitrogens with one attached hydrogen (secondary N) is 1. The maximum atomic E-state index is 11.4. The highest BCUT2D eigenvalue weighted by atomic mass is 16.6. The topological polar surface area (TPSA) is 93.3 Å². The molecule has 1 saturated heterocycles. The van der Waals surface area contributed by atoms with Gasteiger partial charge in [-0.25, -0.2) is 4.68 Å². The first kappa shape index (κ1) is 12.3. The summed E-state index contributed by atoms with van der Waals surface area (Å²) in [6.07, 6.45) is 0.490. The molecule has 1 aromatic rings. The van der Waals surface area contributed by atoms with E-state index in [4.69, 9.17) is 0 Å². The number of carbonyl (C=O) groups is 1. The molecule has 8 heteroatoms. The number of carbonyl (C=O) groups excluding carboxylic acids is 1. The Morgan fingerprint density at radius 1 is 1.56 bits per heavy atom. The Kier molecular flexibility index (Phi) is 3.17. The molecule has 0 aromatic carbocycles. The smallest absolute Gasteiger partial charge is 0.334 e. The molecule has 18 heavy (non-hydrogen) atoms. The standard InChI is InChI=1S/C10H15N5O3/c1-3-7-9(15(17)18)10(13(2)12-7)14-5-4-11-8(16)6-14/h3-6H2,1-2H3,(H,11,16). The van der Waals surface area contributed by atoms with Crippen LogP contribution in [0.15, 0.2) is 0 Å². The van der Waals surface area contributed by atoms with Gasteiger partial charge in [0.25, 0.3) is 0 Å². The quantitative estimate of drug-likeness (QED) is 0.596. The number of rotatable bonds is 3. The molecule has 0 bridgehead atoms. The Morgan fingerprint density at radius 3 is 2.83 bits per heavy atom. The average Bonchev–Trinajstić information content (AvgIpc) is 2.66. The Labute approximate surface area is 104 Å². The molecule has 1 aliphatic heterocycles. The van der Waals surface area contributed by atoms with Gasteiger partial charge in [0.15, 0.2) is 0 Å². The van der Waals surface area contributed by atoms with Crippen molar-refractivity contribution in [1.82, 2.24) is 15.1 Å². The SMILES string of the molecule is CCc1nn(C)c(N2CCNC(=O)C2)c1[N+](=O)[O-]. The number of hydrogen-bond acceptors (Lipinski definition) is 5. The molecule has 2 rings (SSSR count). The molecule has 1 amide bonds. The van der Waals surface area contributed by atoms with Gasteiger partial charge in [0.1, 0.15) is 5.69 Å². The third kappa shape index (κ3) is 2.01. The summed E-state index contributed by atoms with van der Waals surface area (Å²) in [7, 11) is 1.66. The molecule has 0 atom stereocenters. The predicted molar refractivity (Wildman–Crippen MR) is 64.5 cm³/mol. The van der Waals surface area contributed by atoms with Crippen LogP contribution >= 0.6 is 0 Å². The maximum absolute atomic E-state index is 11.4. The Hall–Kier alpha value is -2.12. The highest BCUT2D eigenvalue weighted by Crippen LogP contribution is 2.31. The van der Waals surface area contributed by atoms with E-state index in [1.807, 2.05) is 6.92 Å². The molecule has 2 heterocycles. The molecular formula is C10H15N5O3. The van der Waals surface area contributed by atoms with Crippen molar-refractivity contribution in [2.75, 3.05) is 24.5 Å². The summed E-state index contributed by atoms with van der Waals surface area (Å²) in [5, 5.41) is 18.0. The van der Waals surface area contributed by atoms with Crippen LogP contribution in [0.25, 0.3) is 0 Å². The summed E-state index contributed by atoms with van der Waals surface area (Å²) in [5.41, 5.74) is 0.457. The number of nitro groups is 1.